The molecule has 1 heterocycles. The molecule has 21 heavy (non-hydrogen) atoms. The van der Waals surface area contributed by atoms with Crippen LogP contribution in [0.4, 0.5) is 13.2 Å². The lowest BCUT2D eigenvalue weighted by molar-refractivity contribution is -0.138. The molecule has 0 spiro atoms. The van der Waals surface area contributed by atoms with E-state index in [-0.39, 0.29) is 5.56 Å². The van der Waals surface area contributed by atoms with Crippen LogP contribution >= 0.6 is 27.3 Å². The molecule has 0 saturated heterocycles. The third kappa shape index (κ3) is 3.87. The van der Waals surface area contributed by atoms with E-state index in [0.29, 0.717) is 6.54 Å². The van der Waals surface area contributed by atoms with Gasteiger partial charge in [-0.1, -0.05) is 25.1 Å². The van der Waals surface area contributed by atoms with Gasteiger partial charge < -0.3 is 5.32 Å². The standard InChI is InChI=1S/C15H15BrF3NS/c1-2-7-20-14(11-8-21-9-13(11)16)10-5-3-4-6-12(10)15(17,18)19/h3-6,8-9,14,20H,2,7H2,1H3. The first-order valence-electron chi connectivity index (χ1n) is 6.56. The van der Waals surface area contributed by atoms with Crippen molar-refractivity contribution in [2.45, 2.75) is 25.6 Å². The molecule has 1 aromatic heterocycles. The van der Waals surface area contributed by atoms with Crippen molar-refractivity contribution >= 4 is 27.3 Å². The van der Waals surface area contributed by atoms with Gasteiger partial charge >= 0.3 is 6.18 Å². The van der Waals surface area contributed by atoms with Gasteiger partial charge in [-0.05, 0) is 51.5 Å². The Labute approximate surface area is 134 Å². The van der Waals surface area contributed by atoms with Gasteiger partial charge in [0, 0.05) is 9.85 Å². The summed E-state index contributed by atoms with van der Waals surface area (Å²) in [5.74, 6) is 0. The second-order valence-corrected chi connectivity index (χ2v) is 6.25. The van der Waals surface area contributed by atoms with Gasteiger partial charge in [0.05, 0.1) is 11.6 Å². The highest BCUT2D eigenvalue weighted by Crippen LogP contribution is 2.39. The first kappa shape index (κ1) is 16.5. The van der Waals surface area contributed by atoms with Crippen LogP contribution < -0.4 is 5.32 Å². The van der Waals surface area contributed by atoms with Crippen molar-refractivity contribution in [3.63, 3.8) is 0 Å². The summed E-state index contributed by atoms with van der Waals surface area (Å²) in [6.07, 6.45) is -3.50. The summed E-state index contributed by atoms with van der Waals surface area (Å²) in [5, 5.41) is 6.98. The molecular formula is C15H15BrF3NS. The van der Waals surface area contributed by atoms with Crippen LogP contribution in [0, 0.1) is 0 Å². The zero-order valence-electron chi connectivity index (χ0n) is 11.4. The van der Waals surface area contributed by atoms with Gasteiger partial charge in [0.15, 0.2) is 0 Å². The molecule has 0 fully saturated rings. The Hall–Kier alpha value is -0.850. The zero-order chi connectivity index (χ0) is 15.5. The second-order valence-electron chi connectivity index (χ2n) is 4.65. The highest BCUT2D eigenvalue weighted by molar-refractivity contribution is 9.10. The van der Waals surface area contributed by atoms with E-state index in [1.807, 2.05) is 17.7 Å². The van der Waals surface area contributed by atoms with Crippen LogP contribution in [0.1, 0.15) is 36.1 Å². The Morgan fingerprint density at radius 3 is 2.48 bits per heavy atom. The molecule has 6 heteroatoms. The third-order valence-corrected chi connectivity index (χ3v) is 4.88. The fraction of sp³-hybridized carbons (Fsp3) is 0.333. The van der Waals surface area contributed by atoms with Crippen LogP contribution in [0.15, 0.2) is 39.5 Å². The molecule has 0 amide bonds. The molecule has 0 aliphatic rings. The van der Waals surface area contributed by atoms with E-state index < -0.39 is 17.8 Å². The number of nitrogens with one attached hydrogen (secondary N) is 1. The van der Waals surface area contributed by atoms with Crippen LogP contribution in [-0.2, 0) is 6.18 Å². The molecule has 1 aromatic carbocycles. The average Bonchev–Trinajstić information content (AvgIpc) is 2.85. The number of thiophene rings is 1. The molecule has 114 valence electrons. The monoisotopic (exact) mass is 377 g/mol. The molecule has 0 radical (unpaired) electrons. The summed E-state index contributed by atoms with van der Waals surface area (Å²) in [6.45, 7) is 2.64. The summed E-state index contributed by atoms with van der Waals surface area (Å²) in [7, 11) is 0. The second kappa shape index (κ2) is 6.94. The number of halogens is 4. The van der Waals surface area contributed by atoms with E-state index in [4.69, 9.17) is 0 Å². The molecule has 2 rings (SSSR count). The van der Waals surface area contributed by atoms with E-state index in [9.17, 15) is 13.2 Å². The number of rotatable bonds is 5. The maximum Gasteiger partial charge on any atom is 0.416 e. The molecular weight excluding hydrogens is 363 g/mol. The van der Waals surface area contributed by atoms with Crippen LogP contribution in [0.2, 0.25) is 0 Å². The van der Waals surface area contributed by atoms with Gasteiger partial charge in [-0.15, -0.1) is 0 Å². The van der Waals surface area contributed by atoms with E-state index in [0.717, 1.165) is 22.5 Å². The Balaban J connectivity index is 2.50. The lowest BCUT2D eigenvalue weighted by atomic mass is 9.95. The summed E-state index contributed by atoms with van der Waals surface area (Å²) in [4.78, 5) is 0. The first-order valence-corrected chi connectivity index (χ1v) is 8.29. The normalized spacial score (nSPS) is 13.4. The van der Waals surface area contributed by atoms with Crippen LogP contribution in [-0.4, -0.2) is 6.54 Å². The molecule has 1 atom stereocenters. The van der Waals surface area contributed by atoms with E-state index in [2.05, 4.69) is 21.2 Å². The minimum atomic E-state index is -4.36. The number of alkyl halides is 3. The van der Waals surface area contributed by atoms with Gasteiger partial charge in [-0.25, -0.2) is 0 Å². The van der Waals surface area contributed by atoms with Crippen molar-refractivity contribution in [1.29, 1.82) is 0 Å². The van der Waals surface area contributed by atoms with Crippen molar-refractivity contribution in [1.82, 2.24) is 5.32 Å². The van der Waals surface area contributed by atoms with Crippen LogP contribution in [0.3, 0.4) is 0 Å². The van der Waals surface area contributed by atoms with Gasteiger partial charge in [-0.3, -0.25) is 0 Å². The SMILES string of the molecule is CCCNC(c1cscc1Br)c1ccccc1C(F)(F)F. The van der Waals surface area contributed by atoms with Gasteiger partial charge in [0.1, 0.15) is 0 Å². The van der Waals surface area contributed by atoms with Gasteiger partial charge in [-0.2, -0.15) is 24.5 Å². The van der Waals surface area contributed by atoms with Crippen molar-refractivity contribution < 1.29 is 13.2 Å². The molecule has 0 saturated carbocycles. The highest BCUT2D eigenvalue weighted by Gasteiger charge is 2.35. The lowest BCUT2D eigenvalue weighted by Gasteiger charge is -2.23. The summed E-state index contributed by atoms with van der Waals surface area (Å²) >= 11 is 4.89. The summed E-state index contributed by atoms with van der Waals surface area (Å²) < 4.78 is 40.5. The molecule has 1 unspecified atom stereocenters. The maximum absolute atomic E-state index is 13.2. The summed E-state index contributed by atoms with van der Waals surface area (Å²) in [5.41, 5.74) is 0.513. The predicted octanol–water partition coefficient (Wildman–Crippen LogP) is 5.62. The fourth-order valence-electron chi connectivity index (χ4n) is 2.18. The molecule has 0 aliphatic carbocycles. The van der Waals surface area contributed by atoms with E-state index >= 15 is 0 Å². The van der Waals surface area contributed by atoms with Crippen LogP contribution in [0.5, 0.6) is 0 Å². The Bertz CT molecular complexity index is 595. The fourth-order valence-corrected chi connectivity index (χ4v) is 3.73. The zero-order valence-corrected chi connectivity index (χ0v) is 13.8. The van der Waals surface area contributed by atoms with Crippen LogP contribution in [0.25, 0.3) is 0 Å². The minimum absolute atomic E-state index is 0.262. The Morgan fingerprint density at radius 2 is 1.90 bits per heavy atom. The van der Waals surface area contributed by atoms with E-state index in [1.54, 1.807) is 12.1 Å². The number of hydrogen-bond acceptors (Lipinski definition) is 2. The largest absolute Gasteiger partial charge is 0.416 e. The molecule has 1 nitrogen and oxygen atoms in total. The Kier molecular flexibility index (Phi) is 5.46. The van der Waals surface area contributed by atoms with Crippen molar-refractivity contribution in [2.75, 3.05) is 6.54 Å². The average molecular weight is 378 g/mol. The quantitative estimate of drug-likeness (QED) is 0.712. The first-order chi connectivity index (χ1) is 9.95. The predicted molar refractivity (Wildman–Crippen MR) is 83.6 cm³/mol. The molecule has 1 N–H and O–H groups in total. The van der Waals surface area contributed by atoms with Crippen molar-refractivity contribution in [3.05, 3.63) is 56.2 Å². The van der Waals surface area contributed by atoms with Crippen molar-refractivity contribution in [3.8, 4) is 0 Å². The summed E-state index contributed by atoms with van der Waals surface area (Å²) in [6, 6.07) is 5.27. The van der Waals surface area contributed by atoms with Crippen molar-refractivity contribution in [2.24, 2.45) is 0 Å². The maximum atomic E-state index is 13.2. The molecule has 0 aliphatic heterocycles. The Morgan fingerprint density at radius 1 is 1.19 bits per heavy atom. The van der Waals surface area contributed by atoms with E-state index in [1.165, 1.54) is 17.4 Å². The highest BCUT2D eigenvalue weighted by atomic mass is 79.9. The molecule has 0 bridgehead atoms. The topological polar surface area (TPSA) is 12.0 Å². The van der Waals surface area contributed by atoms with Gasteiger partial charge in [0.25, 0.3) is 0 Å². The number of benzene rings is 1. The third-order valence-electron chi connectivity index (χ3n) is 3.13. The number of hydrogen-bond donors (Lipinski definition) is 1. The van der Waals surface area contributed by atoms with Gasteiger partial charge in [0.2, 0.25) is 0 Å². The smallest absolute Gasteiger partial charge is 0.306 e. The lowest BCUT2D eigenvalue weighted by Crippen LogP contribution is -2.25. The molecule has 2 aromatic rings. The minimum Gasteiger partial charge on any atom is -0.306 e.